The highest BCUT2D eigenvalue weighted by Crippen LogP contribution is 2.21. The number of aromatic carboxylic acids is 1. The van der Waals surface area contributed by atoms with Crippen LogP contribution in [0.25, 0.3) is 0 Å². The first-order valence-electron chi connectivity index (χ1n) is 6.95. The van der Waals surface area contributed by atoms with E-state index < -0.39 is 5.97 Å². The van der Waals surface area contributed by atoms with Crippen molar-refractivity contribution in [1.29, 1.82) is 0 Å². The third-order valence-corrected chi connectivity index (χ3v) is 3.59. The molecule has 0 unspecified atom stereocenters. The van der Waals surface area contributed by atoms with E-state index in [4.69, 9.17) is 5.11 Å². The molecule has 0 aliphatic heterocycles. The van der Waals surface area contributed by atoms with Crippen LogP contribution in [0.4, 0.5) is 5.69 Å². The van der Waals surface area contributed by atoms with Crippen LogP contribution in [0.3, 0.4) is 0 Å². The number of hydrogen-bond acceptors (Lipinski definition) is 3. The molecule has 1 amide bonds. The molecule has 0 radical (unpaired) electrons. The summed E-state index contributed by atoms with van der Waals surface area (Å²) in [7, 11) is 1.98. The number of nitrogens with zero attached hydrogens (tertiary/aromatic N) is 1. The second-order valence-corrected chi connectivity index (χ2v) is 5.87. The predicted octanol–water partition coefficient (Wildman–Crippen LogP) is 3.21. The Morgan fingerprint density at radius 2 is 2.05 bits per heavy atom. The van der Waals surface area contributed by atoms with E-state index in [1.165, 1.54) is 6.07 Å². The van der Waals surface area contributed by atoms with E-state index in [1.807, 2.05) is 7.05 Å². The fraction of sp³-hybridized carbons (Fsp3) is 0.467. The van der Waals surface area contributed by atoms with E-state index in [1.54, 1.807) is 12.1 Å². The lowest BCUT2D eigenvalue weighted by molar-refractivity contribution is -0.116. The highest BCUT2D eigenvalue weighted by molar-refractivity contribution is 9.10. The monoisotopic (exact) mass is 356 g/mol. The quantitative estimate of drug-likeness (QED) is 0.750. The van der Waals surface area contributed by atoms with Crippen LogP contribution in [0.1, 0.15) is 36.5 Å². The summed E-state index contributed by atoms with van der Waals surface area (Å²) in [6.07, 6.45) is 2.57. The molecule has 0 heterocycles. The van der Waals surface area contributed by atoms with Crippen LogP contribution in [0.15, 0.2) is 22.7 Å². The standard InChI is InChI=1S/C15H21BrN2O3/c1-3-4-8-18(2)9-7-14(19)17-13-6-5-11(16)10-12(13)15(20)21/h5-6,10H,3-4,7-9H2,1-2H3,(H,17,19)(H,20,21). The molecule has 0 aliphatic rings. The third-order valence-electron chi connectivity index (χ3n) is 3.10. The molecule has 0 atom stereocenters. The number of hydrogen-bond donors (Lipinski definition) is 2. The second-order valence-electron chi connectivity index (χ2n) is 4.95. The summed E-state index contributed by atoms with van der Waals surface area (Å²) in [6, 6.07) is 4.77. The number of anilines is 1. The molecule has 2 N–H and O–H groups in total. The van der Waals surface area contributed by atoms with Crippen LogP contribution < -0.4 is 5.32 Å². The molecule has 116 valence electrons. The lowest BCUT2D eigenvalue weighted by Gasteiger charge is -2.16. The zero-order chi connectivity index (χ0) is 15.8. The molecule has 0 saturated carbocycles. The Hall–Kier alpha value is -1.40. The Kier molecular flexibility index (Phi) is 7.39. The van der Waals surface area contributed by atoms with Crippen molar-refractivity contribution in [2.45, 2.75) is 26.2 Å². The fourth-order valence-electron chi connectivity index (χ4n) is 1.85. The molecule has 5 nitrogen and oxygen atoms in total. The first-order valence-corrected chi connectivity index (χ1v) is 7.74. The minimum atomic E-state index is -1.06. The molecule has 0 saturated heterocycles. The van der Waals surface area contributed by atoms with Gasteiger partial charge in [-0.3, -0.25) is 4.79 Å². The van der Waals surface area contributed by atoms with E-state index in [0.717, 1.165) is 19.4 Å². The Morgan fingerprint density at radius 3 is 2.67 bits per heavy atom. The van der Waals surface area contributed by atoms with Gasteiger partial charge in [-0.05, 0) is 38.2 Å². The average Bonchev–Trinajstić information content (AvgIpc) is 2.44. The number of carboxylic acid groups (broad SMARTS) is 1. The molecule has 0 fully saturated rings. The highest BCUT2D eigenvalue weighted by atomic mass is 79.9. The van der Waals surface area contributed by atoms with Gasteiger partial charge in [0.25, 0.3) is 0 Å². The fourth-order valence-corrected chi connectivity index (χ4v) is 2.21. The van der Waals surface area contributed by atoms with Gasteiger partial charge in [-0.25, -0.2) is 4.79 Å². The van der Waals surface area contributed by atoms with Gasteiger partial charge in [-0.1, -0.05) is 29.3 Å². The molecule has 21 heavy (non-hydrogen) atoms. The van der Waals surface area contributed by atoms with E-state index in [-0.39, 0.29) is 11.5 Å². The van der Waals surface area contributed by atoms with Crippen LogP contribution >= 0.6 is 15.9 Å². The summed E-state index contributed by atoms with van der Waals surface area (Å²) in [6.45, 7) is 3.74. The largest absolute Gasteiger partial charge is 0.478 e. The van der Waals surface area contributed by atoms with Gasteiger partial charge in [0.1, 0.15) is 0 Å². The van der Waals surface area contributed by atoms with Crippen molar-refractivity contribution in [2.24, 2.45) is 0 Å². The zero-order valence-electron chi connectivity index (χ0n) is 12.4. The molecule has 0 bridgehead atoms. The Labute approximate surface area is 133 Å². The molecule has 1 aromatic carbocycles. The number of unbranched alkanes of at least 4 members (excludes halogenated alkanes) is 1. The van der Waals surface area contributed by atoms with Crippen molar-refractivity contribution < 1.29 is 14.7 Å². The maximum atomic E-state index is 11.9. The van der Waals surface area contributed by atoms with Crippen molar-refractivity contribution in [1.82, 2.24) is 4.90 Å². The van der Waals surface area contributed by atoms with Gasteiger partial charge in [0, 0.05) is 17.4 Å². The van der Waals surface area contributed by atoms with Gasteiger partial charge in [-0.15, -0.1) is 0 Å². The molecule has 6 heteroatoms. The minimum absolute atomic E-state index is 0.0806. The summed E-state index contributed by atoms with van der Waals surface area (Å²) in [5, 5.41) is 11.8. The van der Waals surface area contributed by atoms with Gasteiger partial charge < -0.3 is 15.3 Å². The smallest absolute Gasteiger partial charge is 0.337 e. The van der Waals surface area contributed by atoms with Crippen LogP contribution in [0.2, 0.25) is 0 Å². The van der Waals surface area contributed by atoms with Crippen molar-refractivity contribution >= 4 is 33.5 Å². The highest BCUT2D eigenvalue weighted by Gasteiger charge is 2.13. The normalized spacial score (nSPS) is 10.7. The van der Waals surface area contributed by atoms with E-state index >= 15 is 0 Å². The van der Waals surface area contributed by atoms with Gasteiger partial charge in [0.15, 0.2) is 0 Å². The topological polar surface area (TPSA) is 69.6 Å². The SMILES string of the molecule is CCCCN(C)CCC(=O)Nc1ccc(Br)cc1C(=O)O. The van der Waals surface area contributed by atoms with Gasteiger partial charge >= 0.3 is 5.97 Å². The molecule has 0 spiro atoms. The number of halogens is 1. The average molecular weight is 357 g/mol. The summed E-state index contributed by atoms with van der Waals surface area (Å²) >= 11 is 3.22. The Morgan fingerprint density at radius 1 is 1.33 bits per heavy atom. The van der Waals surface area contributed by atoms with Crippen LogP contribution in [0, 0.1) is 0 Å². The van der Waals surface area contributed by atoms with Gasteiger partial charge in [0.05, 0.1) is 11.3 Å². The summed E-state index contributed by atoms with van der Waals surface area (Å²) in [5.74, 6) is -1.24. The van der Waals surface area contributed by atoms with Crippen molar-refractivity contribution in [3.8, 4) is 0 Å². The first kappa shape index (κ1) is 17.7. The maximum absolute atomic E-state index is 11.9. The third kappa shape index (κ3) is 6.27. The maximum Gasteiger partial charge on any atom is 0.337 e. The number of benzene rings is 1. The van der Waals surface area contributed by atoms with Crippen molar-refractivity contribution in [3.05, 3.63) is 28.2 Å². The van der Waals surface area contributed by atoms with Gasteiger partial charge in [-0.2, -0.15) is 0 Å². The predicted molar refractivity (Wildman–Crippen MR) is 86.8 cm³/mol. The number of carbonyl (C=O) groups is 2. The molecule has 0 aromatic heterocycles. The molecule has 1 rings (SSSR count). The number of nitrogens with one attached hydrogen (secondary N) is 1. The molecule has 0 aliphatic carbocycles. The summed E-state index contributed by atoms with van der Waals surface area (Å²) in [4.78, 5) is 25.2. The van der Waals surface area contributed by atoms with E-state index in [0.29, 0.717) is 23.1 Å². The summed E-state index contributed by atoms with van der Waals surface area (Å²) in [5.41, 5.74) is 0.406. The number of carbonyl (C=O) groups excluding carboxylic acids is 1. The molecule has 1 aromatic rings. The van der Waals surface area contributed by atoms with E-state index in [2.05, 4.69) is 33.1 Å². The zero-order valence-corrected chi connectivity index (χ0v) is 13.9. The number of rotatable bonds is 8. The van der Waals surface area contributed by atoms with E-state index in [9.17, 15) is 9.59 Å². The Balaban J connectivity index is 2.57. The lowest BCUT2D eigenvalue weighted by Crippen LogP contribution is -2.25. The Bertz CT molecular complexity index is 506. The number of amides is 1. The summed E-state index contributed by atoms with van der Waals surface area (Å²) < 4.78 is 0.664. The van der Waals surface area contributed by atoms with Crippen LogP contribution in [-0.2, 0) is 4.79 Å². The van der Waals surface area contributed by atoms with Crippen LogP contribution in [0.5, 0.6) is 0 Å². The lowest BCUT2D eigenvalue weighted by atomic mass is 10.1. The minimum Gasteiger partial charge on any atom is -0.478 e. The number of carboxylic acids is 1. The van der Waals surface area contributed by atoms with Crippen molar-refractivity contribution in [3.63, 3.8) is 0 Å². The first-order chi connectivity index (χ1) is 9.93. The second kappa shape index (κ2) is 8.79. The van der Waals surface area contributed by atoms with Crippen LogP contribution in [-0.4, -0.2) is 42.0 Å². The molecular formula is C15H21BrN2O3. The van der Waals surface area contributed by atoms with Gasteiger partial charge in [0.2, 0.25) is 5.91 Å². The molecular weight excluding hydrogens is 336 g/mol. The van der Waals surface area contributed by atoms with Crippen molar-refractivity contribution in [2.75, 3.05) is 25.5 Å².